The maximum Gasteiger partial charge on any atom is 0.259 e. The van der Waals surface area contributed by atoms with E-state index in [0.29, 0.717) is 48.2 Å². The average Bonchev–Trinajstić information content (AvgIpc) is 3.35. The van der Waals surface area contributed by atoms with E-state index in [1.165, 1.54) is 11.0 Å². The zero-order valence-electron chi connectivity index (χ0n) is 21.0. The minimum atomic E-state index is -0.937. The molecule has 2 aliphatic rings. The van der Waals surface area contributed by atoms with E-state index < -0.39 is 23.1 Å². The van der Waals surface area contributed by atoms with Crippen LogP contribution in [0.2, 0.25) is 5.02 Å². The van der Waals surface area contributed by atoms with Crippen LogP contribution in [-0.4, -0.2) is 54.0 Å². The maximum atomic E-state index is 15.0. The van der Waals surface area contributed by atoms with Crippen molar-refractivity contribution in [2.24, 2.45) is 0 Å². The Morgan fingerprint density at radius 3 is 2.51 bits per heavy atom. The van der Waals surface area contributed by atoms with Crippen LogP contribution in [0.4, 0.5) is 14.6 Å². The van der Waals surface area contributed by atoms with E-state index in [1.54, 1.807) is 36.5 Å². The van der Waals surface area contributed by atoms with Crippen LogP contribution in [0, 0.1) is 11.6 Å². The van der Waals surface area contributed by atoms with Crippen molar-refractivity contribution < 1.29 is 27.8 Å². The second kappa shape index (κ2) is 11.5. The first-order valence-electron chi connectivity index (χ1n) is 12.6. The summed E-state index contributed by atoms with van der Waals surface area (Å²) in [6.45, 7) is 1.22. The van der Waals surface area contributed by atoms with E-state index in [4.69, 9.17) is 26.8 Å². The number of nitrogen functional groups attached to an aromatic ring is 1. The Balaban J connectivity index is 1.25. The molecule has 0 radical (unpaired) electrons. The van der Waals surface area contributed by atoms with Gasteiger partial charge in [-0.15, -0.1) is 0 Å². The van der Waals surface area contributed by atoms with Gasteiger partial charge in [0.15, 0.2) is 5.78 Å². The summed E-state index contributed by atoms with van der Waals surface area (Å²) in [4.78, 5) is 30.4. The van der Waals surface area contributed by atoms with Crippen LogP contribution < -0.4 is 10.5 Å². The number of pyridine rings is 1. The lowest BCUT2D eigenvalue weighted by atomic mass is 9.98. The highest BCUT2D eigenvalue weighted by Crippen LogP contribution is 2.41. The Morgan fingerprint density at radius 2 is 1.82 bits per heavy atom. The van der Waals surface area contributed by atoms with Crippen molar-refractivity contribution in [3.05, 3.63) is 82.0 Å². The van der Waals surface area contributed by atoms with E-state index in [0.717, 1.165) is 23.3 Å². The standard InChI is InChI=1S/C29H26ClF2N3O4/c30-23-13-18(19-14-24(31)27(25(32)15-19)29(37)35-7-9-38-10-8-35)11-20-12-22(39-28(20)23)5-4-21(36)3-1-17-2-6-26(33)34-16-17/h1-3,6,11,13-16,22H,4-5,7-10,12H2,(H2,33,34)/b3-1+. The van der Waals surface area contributed by atoms with Crippen LogP contribution in [0.5, 0.6) is 5.75 Å². The Morgan fingerprint density at radius 1 is 1.10 bits per heavy atom. The summed E-state index contributed by atoms with van der Waals surface area (Å²) in [5, 5.41) is 0.307. The molecule has 1 fully saturated rings. The molecule has 2 aliphatic heterocycles. The lowest BCUT2D eigenvalue weighted by molar-refractivity contribution is -0.115. The quantitative estimate of drug-likeness (QED) is 0.409. The van der Waals surface area contributed by atoms with Gasteiger partial charge in [0.2, 0.25) is 0 Å². The van der Waals surface area contributed by atoms with Gasteiger partial charge in [-0.1, -0.05) is 11.6 Å². The molecular formula is C29H26ClF2N3O4. The molecule has 1 aromatic heterocycles. The van der Waals surface area contributed by atoms with Crippen LogP contribution in [-0.2, 0) is 16.0 Å². The first-order valence-corrected chi connectivity index (χ1v) is 12.9. The first-order chi connectivity index (χ1) is 18.8. The molecule has 1 saturated heterocycles. The number of nitrogens with zero attached hydrogens (tertiary/aromatic N) is 2. The third-order valence-electron chi connectivity index (χ3n) is 6.72. The molecule has 0 bridgehead atoms. The van der Waals surface area contributed by atoms with Crippen molar-refractivity contribution in [2.45, 2.75) is 25.4 Å². The summed E-state index contributed by atoms with van der Waals surface area (Å²) in [5.74, 6) is -1.72. The first kappa shape index (κ1) is 26.8. The predicted molar refractivity (Wildman–Crippen MR) is 144 cm³/mol. The van der Waals surface area contributed by atoms with Crippen LogP contribution in [0.3, 0.4) is 0 Å². The number of nitrogens with two attached hydrogens (primary N) is 1. The summed E-state index contributed by atoms with van der Waals surface area (Å²) in [5.41, 5.74) is 7.30. The number of aromatic nitrogens is 1. The van der Waals surface area contributed by atoms with Crippen molar-refractivity contribution in [3.63, 3.8) is 0 Å². The lowest BCUT2D eigenvalue weighted by Crippen LogP contribution is -2.41. The maximum absolute atomic E-state index is 15.0. The molecule has 1 unspecified atom stereocenters. The van der Waals surface area contributed by atoms with E-state index in [-0.39, 0.29) is 37.0 Å². The zero-order valence-corrected chi connectivity index (χ0v) is 21.7. The Bertz CT molecular complexity index is 1420. The summed E-state index contributed by atoms with van der Waals surface area (Å²) in [6.07, 6.45) is 5.76. The van der Waals surface area contributed by atoms with Crippen molar-refractivity contribution in [2.75, 3.05) is 32.0 Å². The molecule has 2 N–H and O–H groups in total. The highest BCUT2D eigenvalue weighted by molar-refractivity contribution is 6.32. The average molecular weight is 554 g/mol. The smallest absolute Gasteiger partial charge is 0.259 e. The summed E-state index contributed by atoms with van der Waals surface area (Å²) < 4.78 is 41.1. The number of ketones is 1. The Labute approximate surface area is 229 Å². The van der Waals surface area contributed by atoms with Gasteiger partial charge in [-0.25, -0.2) is 13.8 Å². The number of carbonyl (C=O) groups excluding carboxylic acids is 2. The van der Waals surface area contributed by atoms with E-state index >= 15 is 0 Å². The third kappa shape index (κ3) is 6.10. The highest BCUT2D eigenvalue weighted by Gasteiger charge is 2.28. The zero-order chi connectivity index (χ0) is 27.5. The molecule has 7 nitrogen and oxygen atoms in total. The molecule has 3 heterocycles. The molecule has 0 spiro atoms. The van der Waals surface area contributed by atoms with Crippen molar-refractivity contribution in [3.8, 4) is 16.9 Å². The van der Waals surface area contributed by atoms with Crippen molar-refractivity contribution in [1.29, 1.82) is 0 Å². The molecule has 0 saturated carbocycles. The second-order valence-electron chi connectivity index (χ2n) is 9.46. The fourth-order valence-corrected chi connectivity index (χ4v) is 4.96. The molecule has 1 atom stereocenters. The second-order valence-corrected chi connectivity index (χ2v) is 9.87. The fourth-order valence-electron chi connectivity index (χ4n) is 4.67. The number of carbonyl (C=O) groups is 2. The molecule has 0 aliphatic carbocycles. The molecular weight excluding hydrogens is 528 g/mol. The molecule has 2 aromatic carbocycles. The van der Waals surface area contributed by atoms with E-state index in [1.807, 2.05) is 0 Å². The molecule has 1 amide bonds. The van der Waals surface area contributed by atoms with Crippen molar-refractivity contribution >= 4 is 35.2 Å². The molecule has 10 heteroatoms. The third-order valence-corrected chi connectivity index (χ3v) is 7.00. The number of amides is 1. The van der Waals surface area contributed by atoms with Gasteiger partial charge in [0, 0.05) is 32.1 Å². The molecule has 5 rings (SSSR count). The number of ether oxygens (including phenoxy) is 2. The van der Waals surface area contributed by atoms with Gasteiger partial charge in [-0.3, -0.25) is 9.59 Å². The molecule has 39 heavy (non-hydrogen) atoms. The minimum absolute atomic E-state index is 0.0594. The minimum Gasteiger partial charge on any atom is -0.488 e. The van der Waals surface area contributed by atoms with Crippen LogP contribution >= 0.6 is 11.6 Å². The lowest BCUT2D eigenvalue weighted by Gasteiger charge is -2.27. The molecule has 3 aromatic rings. The number of rotatable bonds is 7. The number of hydrogen-bond acceptors (Lipinski definition) is 6. The summed E-state index contributed by atoms with van der Waals surface area (Å²) in [7, 11) is 0. The summed E-state index contributed by atoms with van der Waals surface area (Å²) >= 11 is 6.47. The van der Waals surface area contributed by atoms with Crippen LogP contribution in [0.25, 0.3) is 17.2 Å². The van der Waals surface area contributed by atoms with Gasteiger partial charge in [0.25, 0.3) is 5.91 Å². The number of morpholine rings is 1. The van der Waals surface area contributed by atoms with Gasteiger partial charge in [0.05, 0.1) is 18.2 Å². The SMILES string of the molecule is Nc1ccc(/C=C/C(=O)CCC2Cc3cc(-c4cc(F)c(C(=O)N5CCOCC5)c(F)c4)cc(Cl)c3O2)cn1. The number of fused-ring (bicyclic) bond motifs is 1. The van der Waals surface area contributed by atoms with Crippen LogP contribution in [0.1, 0.15) is 34.3 Å². The highest BCUT2D eigenvalue weighted by atomic mass is 35.5. The van der Waals surface area contributed by atoms with Gasteiger partial charge in [-0.2, -0.15) is 0 Å². The number of hydrogen-bond donors (Lipinski definition) is 1. The van der Waals surface area contributed by atoms with Crippen molar-refractivity contribution in [1.82, 2.24) is 9.88 Å². The normalized spacial score (nSPS) is 16.8. The topological polar surface area (TPSA) is 94.8 Å². The van der Waals surface area contributed by atoms with Gasteiger partial charge >= 0.3 is 0 Å². The largest absolute Gasteiger partial charge is 0.488 e. The fraction of sp³-hybridized carbons (Fsp3) is 0.276. The van der Waals surface area contributed by atoms with E-state index in [2.05, 4.69) is 4.98 Å². The van der Waals surface area contributed by atoms with Gasteiger partial charge in [-0.05, 0) is 77.2 Å². The van der Waals surface area contributed by atoms with Crippen LogP contribution in [0.15, 0.2) is 48.7 Å². The van der Waals surface area contributed by atoms with E-state index in [9.17, 15) is 18.4 Å². The number of anilines is 1. The van der Waals surface area contributed by atoms with Gasteiger partial charge < -0.3 is 20.1 Å². The predicted octanol–water partition coefficient (Wildman–Crippen LogP) is 5.10. The Hall–Kier alpha value is -3.82. The number of halogens is 3. The number of allylic oxidation sites excluding steroid dienone is 1. The number of benzene rings is 2. The molecule has 202 valence electrons. The van der Waals surface area contributed by atoms with Gasteiger partial charge in [0.1, 0.15) is 34.9 Å². The monoisotopic (exact) mass is 553 g/mol. The Kier molecular flexibility index (Phi) is 7.90. The summed E-state index contributed by atoms with van der Waals surface area (Å²) in [6, 6.07) is 9.07.